The summed E-state index contributed by atoms with van der Waals surface area (Å²) in [4.78, 5) is 3.28. The third-order valence-electron chi connectivity index (χ3n) is 5.99. The molecular formula is C28H24Cl2N2O2. The Balaban J connectivity index is 1.44. The predicted octanol–water partition coefficient (Wildman–Crippen LogP) is 8.81. The van der Waals surface area contributed by atoms with Gasteiger partial charge < -0.3 is 14.2 Å². The van der Waals surface area contributed by atoms with E-state index in [0.29, 0.717) is 27.9 Å². The molecule has 1 N–H and O–H groups in total. The van der Waals surface area contributed by atoms with Gasteiger partial charge in [-0.25, -0.2) is 0 Å². The lowest BCUT2D eigenvalue weighted by molar-refractivity contribution is 0.298. The van der Waals surface area contributed by atoms with Gasteiger partial charge in [-0.05, 0) is 65.4 Å². The van der Waals surface area contributed by atoms with Crippen molar-refractivity contribution in [1.82, 2.24) is 10.1 Å². The van der Waals surface area contributed by atoms with Gasteiger partial charge >= 0.3 is 0 Å². The number of hydrogen-bond donors (Lipinski definition) is 1. The first-order chi connectivity index (χ1) is 16.4. The van der Waals surface area contributed by atoms with Crippen molar-refractivity contribution in [2.24, 2.45) is 0 Å². The van der Waals surface area contributed by atoms with Gasteiger partial charge in [0.15, 0.2) is 0 Å². The SMILES string of the molecule is Cc1cc(OCc2c(-c3c(Cl)cccc3Cl)noc2C(C)C)ccc1-c1ccc2cc[nH]c2c1. The van der Waals surface area contributed by atoms with E-state index in [1.165, 1.54) is 10.9 Å². The van der Waals surface area contributed by atoms with Gasteiger partial charge in [0.2, 0.25) is 0 Å². The Labute approximate surface area is 208 Å². The molecule has 0 fully saturated rings. The minimum absolute atomic E-state index is 0.133. The summed E-state index contributed by atoms with van der Waals surface area (Å²) in [5.74, 6) is 1.67. The Morgan fingerprint density at radius 3 is 2.53 bits per heavy atom. The number of nitrogens with zero attached hydrogens (tertiary/aromatic N) is 1. The number of nitrogens with one attached hydrogen (secondary N) is 1. The minimum Gasteiger partial charge on any atom is -0.489 e. The summed E-state index contributed by atoms with van der Waals surface area (Å²) >= 11 is 12.9. The number of benzene rings is 3. The third kappa shape index (κ3) is 4.20. The van der Waals surface area contributed by atoms with E-state index in [9.17, 15) is 0 Å². The highest BCUT2D eigenvalue weighted by atomic mass is 35.5. The summed E-state index contributed by atoms with van der Waals surface area (Å²) in [6.07, 6.45) is 1.96. The van der Waals surface area contributed by atoms with E-state index < -0.39 is 0 Å². The number of halogens is 2. The average Bonchev–Trinajstić information content (AvgIpc) is 3.44. The molecule has 3 aromatic carbocycles. The fourth-order valence-corrected chi connectivity index (χ4v) is 4.83. The zero-order valence-electron chi connectivity index (χ0n) is 19.2. The number of ether oxygens (including phenoxy) is 1. The second-order valence-corrected chi connectivity index (χ2v) is 9.48. The van der Waals surface area contributed by atoms with E-state index >= 15 is 0 Å². The second kappa shape index (κ2) is 9.21. The zero-order valence-corrected chi connectivity index (χ0v) is 20.7. The van der Waals surface area contributed by atoms with E-state index in [2.05, 4.69) is 67.3 Å². The molecular weight excluding hydrogens is 467 g/mol. The molecule has 4 nitrogen and oxygen atoms in total. The molecule has 0 radical (unpaired) electrons. The standard InChI is InChI=1S/C28H24Cl2N2O2/c1-16(2)28-22(27(32-34-28)26-23(29)5-4-6-24(26)30)15-33-20-9-10-21(17(3)13-20)19-8-7-18-11-12-31-25(18)14-19/h4-14,16,31H,15H2,1-3H3. The van der Waals surface area contributed by atoms with Crippen LogP contribution in [-0.4, -0.2) is 10.1 Å². The Bertz CT molecular complexity index is 1460. The lowest BCUT2D eigenvalue weighted by atomic mass is 9.99. The molecule has 6 heteroatoms. The molecule has 0 amide bonds. The first-order valence-corrected chi connectivity index (χ1v) is 11.9. The normalized spacial score (nSPS) is 11.5. The minimum atomic E-state index is 0.133. The van der Waals surface area contributed by atoms with Gasteiger partial charge in [0, 0.05) is 23.2 Å². The smallest absolute Gasteiger partial charge is 0.146 e. The molecule has 2 heterocycles. The first kappa shape index (κ1) is 22.6. The fraction of sp³-hybridized carbons (Fsp3) is 0.179. The number of aryl methyl sites for hydroxylation is 1. The molecule has 2 aromatic heterocycles. The van der Waals surface area contributed by atoms with Crippen LogP contribution in [0.25, 0.3) is 33.3 Å². The molecule has 0 aliphatic rings. The Morgan fingerprint density at radius 1 is 1.00 bits per heavy atom. The van der Waals surface area contributed by atoms with Gasteiger partial charge in [-0.2, -0.15) is 0 Å². The molecule has 0 atom stereocenters. The van der Waals surface area contributed by atoms with Crippen LogP contribution in [0.15, 0.2) is 71.4 Å². The van der Waals surface area contributed by atoms with Crippen molar-refractivity contribution in [2.45, 2.75) is 33.3 Å². The summed E-state index contributed by atoms with van der Waals surface area (Å²) in [7, 11) is 0. The number of fused-ring (bicyclic) bond motifs is 1. The van der Waals surface area contributed by atoms with Crippen molar-refractivity contribution >= 4 is 34.1 Å². The van der Waals surface area contributed by atoms with Gasteiger partial charge in [-0.15, -0.1) is 0 Å². The van der Waals surface area contributed by atoms with Crippen LogP contribution in [-0.2, 0) is 6.61 Å². The van der Waals surface area contributed by atoms with Crippen LogP contribution in [0.5, 0.6) is 5.75 Å². The van der Waals surface area contributed by atoms with Crippen molar-refractivity contribution in [3.8, 4) is 28.1 Å². The summed E-state index contributed by atoms with van der Waals surface area (Å²) in [6.45, 7) is 6.50. The Hall–Kier alpha value is -3.21. The molecule has 5 aromatic rings. The fourth-order valence-electron chi connectivity index (χ4n) is 4.26. The van der Waals surface area contributed by atoms with Gasteiger partial charge in [-0.3, -0.25) is 0 Å². The summed E-state index contributed by atoms with van der Waals surface area (Å²) in [5.41, 5.74) is 6.71. The molecule has 5 rings (SSSR count). The van der Waals surface area contributed by atoms with Crippen LogP contribution in [0.1, 0.15) is 36.7 Å². The largest absolute Gasteiger partial charge is 0.489 e. The maximum atomic E-state index is 6.46. The van der Waals surface area contributed by atoms with Gasteiger partial charge in [0.1, 0.15) is 23.8 Å². The van der Waals surface area contributed by atoms with E-state index in [1.54, 1.807) is 12.1 Å². The summed E-state index contributed by atoms with van der Waals surface area (Å²) in [6, 6.07) is 20.1. The number of H-pyrrole nitrogens is 1. The molecule has 34 heavy (non-hydrogen) atoms. The van der Waals surface area contributed by atoms with Crippen LogP contribution in [0.4, 0.5) is 0 Å². The Kier molecular flexibility index (Phi) is 6.11. The van der Waals surface area contributed by atoms with E-state index in [4.69, 9.17) is 32.5 Å². The van der Waals surface area contributed by atoms with Crippen molar-refractivity contribution in [3.63, 3.8) is 0 Å². The van der Waals surface area contributed by atoms with E-state index in [-0.39, 0.29) is 5.92 Å². The van der Waals surface area contributed by atoms with Crippen LogP contribution in [0.2, 0.25) is 10.0 Å². The highest BCUT2D eigenvalue weighted by Crippen LogP contribution is 2.39. The number of aromatic amines is 1. The molecule has 172 valence electrons. The highest BCUT2D eigenvalue weighted by molar-refractivity contribution is 6.39. The van der Waals surface area contributed by atoms with Crippen molar-refractivity contribution in [2.75, 3.05) is 0 Å². The quantitative estimate of drug-likeness (QED) is 0.258. The van der Waals surface area contributed by atoms with Crippen LogP contribution < -0.4 is 4.74 Å². The van der Waals surface area contributed by atoms with Gasteiger partial charge in [0.05, 0.1) is 15.6 Å². The monoisotopic (exact) mass is 490 g/mol. The maximum absolute atomic E-state index is 6.46. The molecule has 0 saturated carbocycles. The van der Waals surface area contributed by atoms with Crippen LogP contribution in [0, 0.1) is 6.92 Å². The molecule has 0 bridgehead atoms. The molecule has 0 aliphatic heterocycles. The predicted molar refractivity (Wildman–Crippen MR) is 139 cm³/mol. The lowest BCUT2D eigenvalue weighted by Gasteiger charge is -2.13. The third-order valence-corrected chi connectivity index (χ3v) is 6.62. The van der Waals surface area contributed by atoms with Crippen molar-refractivity contribution in [1.29, 1.82) is 0 Å². The second-order valence-electron chi connectivity index (χ2n) is 8.67. The van der Waals surface area contributed by atoms with Crippen LogP contribution in [0.3, 0.4) is 0 Å². The molecule has 0 spiro atoms. The van der Waals surface area contributed by atoms with Crippen molar-refractivity contribution < 1.29 is 9.26 Å². The Morgan fingerprint density at radius 2 is 1.79 bits per heavy atom. The molecule has 0 unspecified atom stereocenters. The van der Waals surface area contributed by atoms with Crippen molar-refractivity contribution in [3.05, 3.63) is 93.8 Å². The van der Waals surface area contributed by atoms with Crippen LogP contribution >= 0.6 is 23.2 Å². The van der Waals surface area contributed by atoms with E-state index in [1.807, 2.05) is 18.3 Å². The lowest BCUT2D eigenvalue weighted by Crippen LogP contribution is -2.01. The summed E-state index contributed by atoms with van der Waals surface area (Å²) in [5, 5.41) is 6.56. The zero-order chi connectivity index (χ0) is 23.8. The molecule has 0 saturated heterocycles. The number of rotatable bonds is 6. The summed E-state index contributed by atoms with van der Waals surface area (Å²) < 4.78 is 11.9. The van der Waals surface area contributed by atoms with Gasteiger partial charge in [-0.1, -0.05) is 66.5 Å². The highest BCUT2D eigenvalue weighted by Gasteiger charge is 2.24. The molecule has 0 aliphatic carbocycles. The van der Waals surface area contributed by atoms with Gasteiger partial charge in [0.25, 0.3) is 0 Å². The maximum Gasteiger partial charge on any atom is 0.146 e. The first-order valence-electron chi connectivity index (χ1n) is 11.2. The average molecular weight is 491 g/mol. The van der Waals surface area contributed by atoms with E-state index in [0.717, 1.165) is 33.7 Å². The topological polar surface area (TPSA) is 51.1 Å². The number of hydrogen-bond acceptors (Lipinski definition) is 3. The number of aromatic nitrogens is 2.